The Morgan fingerprint density at radius 1 is 1.32 bits per heavy atom. The fourth-order valence-corrected chi connectivity index (χ4v) is 3.48. The Morgan fingerprint density at radius 2 is 2.03 bits per heavy atom. The minimum absolute atomic E-state index is 0.0302. The summed E-state index contributed by atoms with van der Waals surface area (Å²) < 4.78 is 39.9. The van der Waals surface area contributed by atoms with Crippen LogP contribution in [0.2, 0.25) is 0 Å². The van der Waals surface area contributed by atoms with Crippen molar-refractivity contribution in [1.29, 1.82) is 0 Å². The van der Waals surface area contributed by atoms with Crippen LogP contribution in [0, 0.1) is 11.6 Å². The number of hydroxylamine groups is 3. The summed E-state index contributed by atoms with van der Waals surface area (Å²) in [5, 5.41) is 9.93. The molecule has 1 aromatic rings. The van der Waals surface area contributed by atoms with Crippen LogP contribution < -0.4 is 15.3 Å². The molecule has 13 heteroatoms. The van der Waals surface area contributed by atoms with Crippen LogP contribution in [0.4, 0.5) is 29.7 Å². The molecular formula is C18H22F2N4O6S. The molecular weight excluding hydrogens is 438 g/mol. The number of rotatable bonds is 5. The van der Waals surface area contributed by atoms with E-state index in [-0.39, 0.29) is 44.2 Å². The summed E-state index contributed by atoms with van der Waals surface area (Å²) in [6.07, 6.45) is -0.322. The summed E-state index contributed by atoms with van der Waals surface area (Å²) in [5.41, 5.74) is 1.17. The van der Waals surface area contributed by atoms with E-state index in [4.69, 9.17) is 31.7 Å². The maximum absolute atomic E-state index is 14.9. The van der Waals surface area contributed by atoms with Crippen molar-refractivity contribution in [3.8, 4) is 0 Å². The first-order chi connectivity index (χ1) is 14.8. The molecule has 10 nitrogen and oxygen atoms in total. The Bertz CT molecular complexity index is 837. The van der Waals surface area contributed by atoms with E-state index < -0.39 is 29.9 Å². The lowest BCUT2D eigenvalue weighted by Crippen LogP contribution is -2.40. The van der Waals surface area contributed by atoms with E-state index in [0.717, 1.165) is 22.1 Å². The molecule has 2 aliphatic heterocycles. The van der Waals surface area contributed by atoms with E-state index in [0.29, 0.717) is 17.9 Å². The van der Waals surface area contributed by atoms with Gasteiger partial charge in [-0.05, 0) is 18.6 Å². The number of cyclic esters (lactones) is 1. The topological polar surface area (TPSA) is 104 Å². The molecule has 0 bridgehead atoms. The minimum Gasteiger partial charge on any atom is -0.490 e. The SMILES string of the molecule is COC(=S)CC[C@H]1CN(c2cc(F)c(N3CCON(C(=O)NO)CC3)c(F)c2)C(=O)O1. The summed E-state index contributed by atoms with van der Waals surface area (Å²) in [7, 11) is 1.46. The lowest BCUT2D eigenvalue weighted by atomic mass is 10.2. The second-order valence-corrected chi connectivity index (χ2v) is 7.28. The Labute approximate surface area is 182 Å². The number of halogens is 2. The van der Waals surface area contributed by atoms with Crippen LogP contribution in [-0.4, -0.2) is 73.4 Å². The number of methoxy groups -OCH3 is 1. The molecule has 31 heavy (non-hydrogen) atoms. The predicted molar refractivity (Wildman–Crippen MR) is 108 cm³/mol. The average Bonchev–Trinajstić information content (AvgIpc) is 2.95. The van der Waals surface area contributed by atoms with Gasteiger partial charge in [-0.1, -0.05) is 0 Å². The van der Waals surface area contributed by atoms with Gasteiger partial charge in [-0.3, -0.25) is 14.9 Å². The highest BCUT2D eigenvalue weighted by atomic mass is 32.1. The Kier molecular flexibility index (Phi) is 7.41. The van der Waals surface area contributed by atoms with Crippen LogP contribution in [0.1, 0.15) is 12.8 Å². The zero-order chi connectivity index (χ0) is 22.5. The number of nitrogens with one attached hydrogen (secondary N) is 1. The third kappa shape index (κ3) is 5.29. The number of hydrogen-bond donors (Lipinski definition) is 2. The van der Waals surface area contributed by atoms with Gasteiger partial charge in [0.2, 0.25) is 0 Å². The minimum atomic E-state index is -0.883. The lowest BCUT2D eigenvalue weighted by molar-refractivity contribution is -0.112. The largest absolute Gasteiger partial charge is 0.490 e. The smallest absolute Gasteiger partial charge is 0.414 e. The van der Waals surface area contributed by atoms with Gasteiger partial charge in [0.1, 0.15) is 11.8 Å². The number of nitrogens with zero attached hydrogens (tertiary/aromatic N) is 3. The number of thiocarbonyl (C=S) groups is 1. The van der Waals surface area contributed by atoms with Gasteiger partial charge in [-0.15, -0.1) is 0 Å². The standard InChI is InChI=1S/C18H22F2N4O6S/c1-28-15(31)3-2-12-10-23(18(26)30-12)11-8-13(19)16(14(20)9-11)22-4-5-24(17(25)21-27)29-7-6-22/h8-9,12,27H,2-7,10H2,1H3,(H,21,25)/t12-/m0/s1. The number of anilines is 2. The Morgan fingerprint density at radius 3 is 2.68 bits per heavy atom. The molecule has 2 saturated heterocycles. The molecule has 0 radical (unpaired) electrons. The molecule has 0 saturated carbocycles. The van der Waals surface area contributed by atoms with E-state index in [1.165, 1.54) is 17.5 Å². The molecule has 3 amide bonds. The highest BCUT2D eigenvalue weighted by Crippen LogP contribution is 2.32. The highest BCUT2D eigenvalue weighted by Gasteiger charge is 2.34. The van der Waals surface area contributed by atoms with E-state index in [9.17, 15) is 18.4 Å². The van der Waals surface area contributed by atoms with Crippen molar-refractivity contribution in [2.24, 2.45) is 0 Å². The van der Waals surface area contributed by atoms with Gasteiger partial charge in [0.25, 0.3) is 0 Å². The number of carbonyl (C=O) groups is 2. The normalized spacial score (nSPS) is 19.2. The number of benzene rings is 1. The van der Waals surface area contributed by atoms with Crippen LogP contribution in [0.5, 0.6) is 0 Å². The molecule has 0 aliphatic carbocycles. The molecule has 1 aromatic carbocycles. The van der Waals surface area contributed by atoms with Gasteiger partial charge in [-0.2, -0.15) is 5.06 Å². The molecule has 170 valence electrons. The maximum Gasteiger partial charge on any atom is 0.414 e. The molecule has 1 atom stereocenters. The van der Waals surface area contributed by atoms with Crippen LogP contribution >= 0.6 is 12.2 Å². The first-order valence-electron chi connectivity index (χ1n) is 9.47. The van der Waals surface area contributed by atoms with E-state index in [1.807, 2.05) is 0 Å². The molecule has 2 heterocycles. The molecule has 2 fully saturated rings. The van der Waals surface area contributed by atoms with E-state index in [1.54, 1.807) is 0 Å². The van der Waals surface area contributed by atoms with Gasteiger partial charge < -0.3 is 14.4 Å². The van der Waals surface area contributed by atoms with Gasteiger partial charge in [-0.25, -0.2) is 23.9 Å². The molecule has 2 aliphatic rings. The third-order valence-corrected chi connectivity index (χ3v) is 5.28. The monoisotopic (exact) mass is 460 g/mol. The van der Waals surface area contributed by atoms with Gasteiger partial charge in [0.15, 0.2) is 16.7 Å². The first kappa shape index (κ1) is 22.9. The zero-order valence-corrected chi connectivity index (χ0v) is 17.5. The number of carbonyl (C=O) groups excluding carboxylic acids is 2. The van der Waals surface area contributed by atoms with Crippen LogP contribution in [0.25, 0.3) is 0 Å². The van der Waals surface area contributed by atoms with Crippen molar-refractivity contribution in [2.75, 3.05) is 49.7 Å². The summed E-state index contributed by atoms with van der Waals surface area (Å²) in [5.74, 6) is -1.74. The summed E-state index contributed by atoms with van der Waals surface area (Å²) in [6, 6.07) is 1.24. The molecule has 0 unspecified atom stereocenters. The van der Waals surface area contributed by atoms with Crippen molar-refractivity contribution in [3.05, 3.63) is 23.8 Å². The number of urea groups is 1. The maximum atomic E-state index is 14.9. The van der Waals surface area contributed by atoms with Gasteiger partial charge in [0.05, 0.1) is 32.5 Å². The highest BCUT2D eigenvalue weighted by molar-refractivity contribution is 7.80. The quantitative estimate of drug-likeness (QED) is 0.392. The van der Waals surface area contributed by atoms with Crippen molar-refractivity contribution in [2.45, 2.75) is 18.9 Å². The fraction of sp³-hybridized carbons (Fsp3) is 0.500. The van der Waals surface area contributed by atoms with Gasteiger partial charge >= 0.3 is 12.1 Å². The molecule has 2 N–H and O–H groups in total. The summed E-state index contributed by atoms with van der Waals surface area (Å²) in [6.45, 7) is 0.240. The lowest BCUT2D eigenvalue weighted by Gasteiger charge is -2.24. The molecule has 0 spiro atoms. The fourth-order valence-electron chi connectivity index (χ4n) is 3.36. The number of ether oxygens (including phenoxy) is 2. The first-order valence-corrected chi connectivity index (χ1v) is 9.88. The van der Waals surface area contributed by atoms with Crippen molar-refractivity contribution in [1.82, 2.24) is 10.5 Å². The Balaban J connectivity index is 1.71. The summed E-state index contributed by atoms with van der Waals surface area (Å²) in [4.78, 5) is 31.3. The Hall–Kier alpha value is -2.77. The molecule has 3 rings (SSSR count). The van der Waals surface area contributed by atoms with E-state index >= 15 is 0 Å². The summed E-state index contributed by atoms with van der Waals surface area (Å²) >= 11 is 4.96. The second-order valence-electron chi connectivity index (χ2n) is 6.83. The van der Waals surface area contributed by atoms with Crippen LogP contribution in [-0.2, 0) is 14.3 Å². The third-order valence-electron chi connectivity index (χ3n) is 4.91. The number of amides is 3. The van der Waals surface area contributed by atoms with Crippen LogP contribution in [0.3, 0.4) is 0 Å². The second kappa shape index (κ2) is 10.0. The van der Waals surface area contributed by atoms with Crippen molar-refractivity contribution in [3.63, 3.8) is 0 Å². The van der Waals surface area contributed by atoms with Crippen molar-refractivity contribution >= 4 is 40.8 Å². The zero-order valence-electron chi connectivity index (χ0n) is 16.7. The predicted octanol–water partition coefficient (Wildman–Crippen LogP) is 2.20. The number of hydrogen-bond acceptors (Lipinski definition) is 8. The molecule has 0 aromatic heterocycles. The average molecular weight is 460 g/mol. The van der Waals surface area contributed by atoms with Gasteiger partial charge in [0, 0.05) is 31.6 Å². The van der Waals surface area contributed by atoms with Crippen LogP contribution in [0.15, 0.2) is 12.1 Å². The van der Waals surface area contributed by atoms with Crippen molar-refractivity contribution < 1.29 is 37.9 Å². The van der Waals surface area contributed by atoms with E-state index in [2.05, 4.69) is 0 Å².